The van der Waals surface area contributed by atoms with Gasteiger partial charge in [0.15, 0.2) is 6.10 Å². The summed E-state index contributed by atoms with van der Waals surface area (Å²) in [4.78, 5) is 45.8. The van der Waals surface area contributed by atoms with Crippen molar-refractivity contribution in [3.8, 4) is 0 Å². The molecule has 0 aliphatic heterocycles. The van der Waals surface area contributed by atoms with Gasteiger partial charge in [-0.1, -0.05) is 164 Å². The average Bonchev–Trinajstić information content (AvgIpc) is 3.17. The Morgan fingerprint density at radius 1 is 0.571 bits per heavy atom. The molecule has 4 N–H and O–H groups in total. The average molecular weight is 808 g/mol. The van der Waals surface area contributed by atoms with Crippen LogP contribution in [0.25, 0.3) is 0 Å². The fraction of sp³-hybridized carbons (Fsp3) is 0.659. The van der Waals surface area contributed by atoms with Gasteiger partial charge in [-0.15, -0.1) is 0 Å². The van der Waals surface area contributed by atoms with Crippen LogP contribution in [0.2, 0.25) is 0 Å². The minimum atomic E-state index is -4.74. The van der Waals surface area contributed by atoms with Gasteiger partial charge in [0, 0.05) is 12.8 Å². The molecule has 3 atom stereocenters. The highest BCUT2D eigenvalue weighted by molar-refractivity contribution is 7.47. The monoisotopic (exact) mass is 808 g/mol. The number of phosphoric acid groups is 1. The molecule has 0 amide bonds. The van der Waals surface area contributed by atoms with E-state index < -0.39 is 51.1 Å². The highest BCUT2D eigenvalue weighted by atomic mass is 31.2. The maximum absolute atomic E-state index is 12.6. The molecule has 0 aromatic rings. The molecule has 0 rings (SSSR count). The molecular weight excluding hydrogens is 733 g/mol. The number of unbranched alkanes of at least 4 members (excludes halogenated alkanes) is 12. The molecule has 320 valence electrons. The molecule has 11 nitrogen and oxygen atoms in total. The Bertz CT molecular complexity index is 1230. The van der Waals surface area contributed by atoms with Crippen molar-refractivity contribution in [3.05, 3.63) is 72.9 Å². The van der Waals surface area contributed by atoms with Gasteiger partial charge in [-0.25, -0.2) is 4.57 Å². The normalized spacial score (nSPS) is 14.5. The topological polar surface area (TPSA) is 172 Å². The van der Waals surface area contributed by atoms with Gasteiger partial charge < -0.3 is 25.2 Å². The van der Waals surface area contributed by atoms with Gasteiger partial charge in [-0.2, -0.15) is 0 Å². The molecule has 0 aromatic heterocycles. The second-order valence-electron chi connectivity index (χ2n) is 13.7. The van der Waals surface area contributed by atoms with Crippen molar-refractivity contribution in [1.29, 1.82) is 0 Å². The molecule has 56 heavy (non-hydrogen) atoms. The number of hydrogen-bond donors (Lipinski definition) is 3. The lowest BCUT2D eigenvalue weighted by atomic mass is 10.0. The summed E-state index contributed by atoms with van der Waals surface area (Å²) in [6, 6.07) is -1.53. The van der Waals surface area contributed by atoms with Crippen molar-refractivity contribution >= 4 is 25.7 Å². The van der Waals surface area contributed by atoms with E-state index in [-0.39, 0.29) is 19.4 Å². The van der Waals surface area contributed by atoms with Crippen molar-refractivity contribution in [2.45, 2.75) is 167 Å². The maximum atomic E-state index is 12.6. The summed E-state index contributed by atoms with van der Waals surface area (Å²) < 4.78 is 32.6. The molecule has 0 aromatic carbocycles. The molecule has 1 unspecified atom stereocenters. The molecule has 0 saturated carbocycles. The number of carbonyl (C=O) groups is 3. The minimum Gasteiger partial charge on any atom is -0.480 e. The molecular formula is C44H74NO10P. The van der Waals surface area contributed by atoms with Crippen molar-refractivity contribution < 1.29 is 47.5 Å². The molecule has 0 bridgehead atoms. The van der Waals surface area contributed by atoms with Crippen LogP contribution in [0.4, 0.5) is 0 Å². The van der Waals surface area contributed by atoms with Crippen LogP contribution >= 0.6 is 7.82 Å². The van der Waals surface area contributed by atoms with Gasteiger partial charge >= 0.3 is 25.7 Å². The summed E-state index contributed by atoms with van der Waals surface area (Å²) in [5.41, 5.74) is 5.32. The third-order valence-corrected chi connectivity index (χ3v) is 9.43. The Morgan fingerprint density at radius 2 is 1.00 bits per heavy atom. The first-order chi connectivity index (χ1) is 27.1. The first kappa shape index (κ1) is 52.9. The smallest absolute Gasteiger partial charge is 0.472 e. The number of carbonyl (C=O) groups excluding carboxylic acids is 2. The highest BCUT2D eigenvalue weighted by Gasteiger charge is 2.28. The molecule has 0 spiro atoms. The zero-order chi connectivity index (χ0) is 41.4. The van der Waals surface area contributed by atoms with E-state index in [2.05, 4.69) is 73.1 Å². The first-order valence-electron chi connectivity index (χ1n) is 21.0. The quantitative estimate of drug-likeness (QED) is 0.0235. The van der Waals surface area contributed by atoms with E-state index >= 15 is 0 Å². The summed E-state index contributed by atoms with van der Waals surface area (Å²) in [5, 5.41) is 8.88. The number of carboxylic acid groups (broad SMARTS) is 1. The van der Waals surface area contributed by atoms with E-state index in [1.807, 2.05) is 18.2 Å². The van der Waals surface area contributed by atoms with E-state index in [0.29, 0.717) is 19.3 Å². The van der Waals surface area contributed by atoms with Gasteiger partial charge in [-0.05, 0) is 51.4 Å². The fourth-order valence-electron chi connectivity index (χ4n) is 5.21. The van der Waals surface area contributed by atoms with Gasteiger partial charge in [0.1, 0.15) is 12.6 Å². The number of phosphoric ester groups is 1. The Kier molecular flexibility index (Phi) is 36.6. The number of esters is 2. The third-order valence-electron chi connectivity index (χ3n) is 8.48. The van der Waals surface area contributed by atoms with Crippen LogP contribution in [-0.4, -0.2) is 59.9 Å². The Hall–Kier alpha value is -3.08. The predicted molar refractivity (Wildman–Crippen MR) is 226 cm³/mol. The molecule has 0 aliphatic rings. The SMILES string of the molecule is CC/C=C/C/C=C/C/C=C/C/C=C/C/C=C/C/C=C/CCC(=O)O[C@@H](COC(=O)CCCCCCCCCCCCCCC)COP(=O)(O)OC[C@H](N)C(=O)O. The number of hydrogen-bond acceptors (Lipinski definition) is 9. The largest absolute Gasteiger partial charge is 0.480 e. The van der Waals surface area contributed by atoms with Crippen LogP contribution in [0.15, 0.2) is 72.9 Å². The van der Waals surface area contributed by atoms with Gasteiger partial charge in [0.2, 0.25) is 0 Å². The summed E-state index contributed by atoms with van der Waals surface area (Å²) in [6.07, 6.45) is 45.5. The summed E-state index contributed by atoms with van der Waals surface area (Å²) >= 11 is 0. The zero-order valence-electron chi connectivity index (χ0n) is 34.4. The van der Waals surface area contributed by atoms with Crippen LogP contribution in [-0.2, 0) is 37.5 Å². The first-order valence-corrected chi connectivity index (χ1v) is 22.5. The number of rotatable bonds is 38. The lowest BCUT2D eigenvalue weighted by molar-refractivity contribution is -0.161. The molecule has 0 aliphatic carbocycles. The van der Waals surface area contributed by atoms with Crippen molar-refractivity contribution in [1.82, 2.24) is 0 Å². The second kappa shape index (κ2) is 38.8. The second-order valence-corrected chi connectivity index (χ2v) is 15.2. The minimum absolute atomic E-state index is 0.0341. The lowest BCUT2D eigenvalue weighted by Crippen LogP contribution is -2.34. The van der Waals surface area contributed by atoms with E-state index in [4.69, 9.17) is 24.8 Å². The van der Waals surface area contributed by atoms with Crippen molar-refractivity contribution in [2.75, 3.05) is 19.8 Å². The molecule has 0 fully saturated rings. The van der Waals surface area contributed by atoms with Crippen molar-refractivity contribution in [2.24, 2.45) is 5.73 Å². The zero-order valence-corrected chi connectivity index (χ0v) is 35.3. The van der Waals surface area contributed by atoms with Crippen LogP contribution in [0.1, 0.15) is 155 Å². The number of ether oxygens (including phenoxy) is 2. The van der Waals surface area contributed by atoms with Crippen LogP contribution < -0.4 is 5.73 Å². The van der Waals surface area contributed by atoms with Gasteiger partial charge in [0.05, 0.1) is 13.2 Å². The molecule has 0 radical (unpaired) electrons. The lowest BCUT2D eigenvalue weighted by Gasteiger charge is -2.20. The van der Waals surface area contributed by atoms with Gasteiger partial charge in [-0.3, -0.25) is 23.4 Å². The molecule has 0 heterocycles. The maximum Gasteiger partial charge on any atom is 0.472 e. The molecule has 0 saturated heterocycles. The third kappa shape index (κ3) is 37.8. The summed E-state index contributed by atoms with van der Waals surface area (Å²) in [5.74, 6) is -2.49. The number of nitrogens with two attached hydrogens (primary N) is 1. The highest BCUT2D eigenvalue weighted by Crippen LogP contribution is 2.43. The number of allylic oxidation sites excluding steroid dienone is 12. The van der Waals surface area contributed by atoms with E-state index in [1.165, 1.54) is 57.8 Å². The van der Waals surface area contributed by atoms with Crippen molar-refractivity contribution in [3.63, 3.8) is 0 Å². The Labute approximate surface area is 338 Å². The van der Waals surface area contributed by atoms with Crippen LogP contribution in [0, 0.1) is 0 Å². The Morgan fingerprint density at radius 3 is 1.46 bits per heavy atom. The number of carboxylic acids is 1. The van der Waals surface area contributed by atoms with E-state index in [9.17, 15) is 23.8 Å². The van der Waals surface area contributed by atoms with E-state index in [0.717, 1.165) is 51.4 Å². The standard InChI is InChI=1S/C44H74NO10P/c1-3-5-7-9-11-13-15-17-18-19-20-21-22-24-26-28-30-32-34-36-43(47)55-40(38-53-56(50,51)54-39-41(45)44(48)49)37-52-42(46)35-33-31-29-27-25-23-16-14-12-10-8-6-4-2/h5,7,11,13,17-18,20-21,24,26,30,32,40-41H,3-4,6,8-10,12,14-16,19,22-23,25,27-29,31,33-39,45H2,1-2H3,(H,48,49)(H,50,51)/b7-5+,13-11+,18-17+,21-20+,26-24+,32-30+/t40-,41-/m0/s1. The van der Waals surface area contributed by atoms with Crippen LogP contribution in [0.5, 0.6) is 0 Å². The Balaban J connectivity index is 4.53. The van der Waals surface area contributed by atoms with Gasteiger partial charge in [0.25, 0.3) is 0 Å². The predicted octanol–water partition coefficient (Wildman–Crippen LogP) is 10.9. The fourth-order valence-corrected chi connectivity index (χ4v) is 5.99. The summed E-state index contributed by atoms with van der Waals surface area (Å²) in [6.45, 7) is 2.60. The summed E-state index contributed by atoms with van der Waals surface area (Å²) in [7, 11) is -4.74. The van der Waals surface area contributed by atoms with E-state index in [1.54, 1.807) is 0 Å². The number of aliphatic carboxylic acids is 1. The molecule has 12 heteroatoms. The van der Waals surface area contributed by atoms with Crippen LogP contribution in [0.3, 0.4) is 0 Å².